The van der Waals surface area contributed by atoms with E-state index in [9.17, 15) is 9.59 Å². The number of fused-ring (bicyclic) bond motifs is 1. The van der Waals surface area contributed by atoms with E-state index in [4.69, 9.17) is 0 Å². The lowest BCUT2D eigenvalue weighted by Gasteiger charge is -2.37. The second kappa shape index (κ2) is 7.85. The first kappa shape index (κ1) is 18.2. The highest BCUT2D eigenvalue weighted by molar-refractivity contribution is 5.98. The Kier molecular flexibility index (Phi) is 5.11. The number of nitrogens with zero attached hydrogens (tertiary/aromatic N) is 2. The predicted octanol–water partition coefficient (Wildman–Crippen LogP) is 4.22. The molecule has 0 unspecified atom stereocenters. The second-order valence-corrected chi connectivity index (χ2v) is 7.37. The molecule has 0 aliphatic carbocycles. The van der Waals surface area contributed by atoms with Crippen molar-refractivity contribution in [3.63, 3.8) is 0 Å². The number of hydrogen-bond donors (Lipinski definition) is 0. The molecule has 1 aliphatic rings. The summed E-state index contributed by atoms with van der Waals surface area (Å²) in [5.41, 5.74) is 1.44. The van der Waals surface area contributed by atoms with Crippen LogP contribution in [0.4, 0.5) is 0 Å². The first-order chi connectivity index (χ1) is 13.6. The summed E-state index contributed by atoms with van der Waals surface area (Å²) in [5, 5.41) is 2.22. The van der Waals surface area contributed by atoms with E-state index in [-0.39, 0.29) is 17.9 Å². The second-order valence-electron chi connectivity index (χ2n) is 7.37. The minimum Gasteiger partial charge on any atom is -0.339 e. The lowest BCUT2D eigenvalue weighted by molar-refractivity contribution is 0.0570. The molecular formula is C24H24N2O2. The molecular weight excluding hydrogens is 348 g/mol. The van der Waals surface area contributed by atoms with Gasteiger partial charge in [0.05, 0.1) is 0 Å². The molecule has 3 aromatic rings. The molecule has 0 aromatic heterocycles. The number of carbonyl (C=O) groups is 2. The first-order valence-electron chi connectivity index (χ1n) is 9.74. The standard InChI is InChI=1S/C24H24N2O2/c1-25(23(27)19-8-3-2-4-9-19)22-13-15-26(16-14-22)24(28)21-12-11-18-7-5-6-10-20(18)17-21/h2-12,17,22H,13-16H2,1H3. The maximum atomic E-state index is 12.9. The SMILES string of the molecule is CN(C(=O)c1ccccc1)C1CCN(C(=O)c2ccc3ccccc3c2)CC1. The molecule has 4 rings (SSSR count). The molecule has 1 heterocycles. The summed E-state index contributed by atoms with van der Waals surface area (Å²) in [7, 11) is 1.86. The van der Waals surface area contributed by atoms with Crippen molar-refractivity contribution in [2.45, 2.75) is 18.9 Å². The average Bonchev–Trinajstić information content (AvgIpc) is 2.78. The summed E-state index contributed by atoms with van der Waals surface area (Å²) in [5.74, 6) is 0.112. The Bertz CT molecular complexity index is 992. The van der Waals surface area contributed by atoms with E-state index in [1.807, 2.05) is 83.6 Å². The van der Waals surface area contributed by atoms with Crippen molar-refractivity contribution < 1.29 is 9.59 Å². The Morgan fingerprint density at radius 3 is 2.18 bits per heavy atom. The minimum atomic E-state index is 0.0416. The molecule has 0 bridgehead atoms. The molecule has 0 N–H and O–H groups in total. The fraction of sp³-hybridized carbons (Fsp3) is 0.250. The van der Waals surface area contributed by atoms with Crippen LogP contribution in [0.1, 0.15) is 33.6 Å². The third-order valence-corrected chi connectivity index (χ3v) is 5.64. The zero-order chi connectivity index (χ0) is 19.5. The lowest BCUT2D eigenvalue weighted by Crippen LogP contribution is -2.47. The Hall–Kier alpha value is -3.14. The molecule has 0 atom stereocenters. The van der Waals surface area contributed by atoms with Gasteiger partial charge in [0.1, 0.15) is 0 Å². The zero-order valence-electron chi connectivity index (χ0n) is 16.0. The van der Waals surface area contributed by atoms with Gasteiger partial charge in [-0.3, -0.25) is 9.59 Å². The summed E-state index contributed by atoms with van der Waals surface area (Å²) in [4.78, 5) is 29.3. The highest BCUT2D eigenvalue weighted by atomic mass is 16.2. The van der Waals surface area contributed by atoms with Crippen molar-refractivity contribution in [3.8, 4) is 0 Å². The highest BCUT2D eigenvalue weighted by Gasteiger charge is 2.28. The van der Waals surface area contributed by atoms with Crippen LogP contribution in [0.2, 0.25) is 0 Å². The summed E-state index contributed by atoms with van der Waals surface area (Å²) < 4.78 is 0. The smallest absolute Gasteiger partial charge is 0.253 e. The molecule has 1 aliphatic heterocycles. The molecule has 0 radical (unpaired) electrons. The van der Waals surface area contributed by atoms with Crippen molar-refractivity contribution in [2.75, 3.05) is 20.1 Å². The van der Waals surface area contributed by atoms with Crippen LogP contribution >= 0.6 is 0 Å². The Balaban J connectivity index is 1.40. The van der Waals surface area contributed by atoms with Gasteiger partial charge < -0.3 is 9.80 Å². The van der Waals surface area contributed by atoms with Gasteiger partial charge in [-0.05, 0) is 47.9 Å². The molecule has 28 heavy (non-hydrogen) atoms. The topological polar surface area (TPSA) is 40.6 Å². The van der Waals surface area contributed by atoms with Gasteiger partial charge in [-0.15, -0.1) is 0 Å². The lowest BCUT2D eigenvalue weighted by atomic mass is 10.0. The fourth-order valence-electron chi connectivity index (χ4n) is 3.91. The van der Waals surface area contributed by atoms with Gasteiger partial charge in [0.25, 0.3) is 11.8 Å². The summed E-state index contributed by atoms with van der Waals surface area (Å²) in [6, 6.07) is 23.5. The Labute approximate surface area is 165 Å². The van der Waals surface area contributed by atoms with Gasteiger partial charge in [-0.1, -0.05) is 48.5 Å². The van der Waals surface area contributed by atoms with Crippen molar-refractivity contribution in [1.29, 1.82) is 0 Å². The molecule has 142 valence electrons. The highest BCUT2D eigenvalue weighted by Crippen LogP contribution is 2.21. The fourth-order valence-corrected chi connectivity index (χ4v) is 3.91. The van der Waals surface area contributed by atoms with Crippen LogP contribution in [0, 0.1) is 0 Å². The quantitative estimate of drug-likeness (QED) is 0.691. The molecule has 3 aromatic carbocycles. The van der Waals surface area contributed by atoms with Crippen LogP contribution in [-0.4, -0.2) is 47.8 Å². The van der Waals surface area contributed by atoms with E-state index in [0.717, 1.165) is 29.2 Å². The normalized spacial score (nSPS) is 14.8. The monoisotopic (exact) mass is 372 g/mol. The summed E-state index contributed by atoms with van der Waals surface area (Å²) in [6.45, 7) is 1.34. The zero-order valence-corrected chi connectivity index (χ0v) is 16.0. The number of piperidine rings is 1. The van der Waals surface area contributed by atoms with Gasteiger partial charge >= 0.3 is 0 Å². The molecule has 2 amide bonds. The van der Waals surface area contributed by atoms with Crippen molar-refractivity contribution in [1.82, 2.24) is 9.80 Å². The van der Waals surface area contributed by atoms with Crippen LogP contribution in [-0.2, 0) is 0 Å². The first-order valence-corrected chi connectivity index (χ1v) is 9.74. The van der Waals surface area contributed by atoms with Crippen LogP contribution in [0.3, 0.4) is 0 Å². The average molecular weight is 372 g/mol. The van der Waals surface area contributed by atoms with E-state index in [2.05, 4.69) is 6.07 Å². The maximum absolute atomic E-state index is 12.9. The number of rotatable bonds is 3. The minimum absolute atomic E-state index is 0.0416. The van der Waals surface area contributed by atoms with E-state index in [1.165, 1.54) is 0 Å². The van der Waals surface area contributed by atoms with Crippen LogP contribution in [0.15, 0.2) is 72.8 Å². The number of carbonyl (C=O) groups excluding carboxylic acids is 2. The van der Waals surface area contributed by atoms with E-state index >= 15 is 0 Å². The van der Waals surface area contributed by atoms with Gasteiger partial charge in [0.15, 0.2) is 0 Å². The van der Waals surface area contributed by atoms with Crippen molar-refractivity contribution in [3.05, 3.63) is 83.9 Å². The summed E-state index contributed by atoms with van der Waals surface area (Å²) >= 11 is 0. The van der Waals surface area contributed by atoms with Gasteiger partial charge in [0, 0.05) is 37.3 Å². The Morgan fingerprint density at radius 2 is 1.46 bits per heavy atom. The molecule has 4 heteroatoms. The van der Waals surface area contributed by atoms with E-state index in [1.54, 1.807) is 0 Å². The number of benzene rings is 3. The predicted molar refractivity (Wildman–Crippen MR) is 111 cm³/mol. The molecule has 1 saturated heterocycles. The summed E-state index contributed by atoms with van der Waals surface area (Å²) in [6.07, 6.45) is 1.60. The van der Waals surface area contributed by atoms with Crippen molar-refractivity contribution in [2.24, 2.45) is 0 Å². The van der Waals surface area contributed by atoms with Crippen LogP contribution in [0.5, 0.6) is 0 Å². The molecule has 4 nitrogen and oxygen atoms in total. The van der Waals surface area contributed by atoms with E-state index in [0.29, 0.717) is 18.7 Å². The van der Waals surface area contributed by atoms with Crippen LogP contribution in [0.25, 0.3) is 10.8 Å². The van der Waals surface area contributed by atoms with Crippen molar-refractivity contribution >= 4 is 22.6 Å². The number of likely N-dealkylation sites (tertiary alicyclic amines) is 1. The van der Waals surface area contributed by atoms with Gasteiger partial charge in [-0.25, -0.2) is 0 Å². The van der Waals surface area contributed by atoms with E-state index < -0.39 is 0 Å². The molecule has 1 fully saturated rings. The number of amides is 2. The molecule has 0 saturated carbocycles. The third kappa shape index (κ3) is 3.63. The molecule has 0 spiro atoms. The third-order valence-electron chi connectivity index (χ3n) is 5.64. The Morgan fingerprint density at radius 1 is 0.821 bits per heavy atom. The maximum Gasteiger partial charge on any atom is 0.253 e. The van der Waals surface area contributed by atoms with Gasteiger partial charge in [0.2, 0.25) is 0 Å². The van der Waals surface area contributed by atoms with Crippen LogP contribution < -0.4 is 0 Å². The van der Waals surface area contributed by atoms with Gasteiger partial charge in [-0.2, -0.15) is 0 Å². The largest absolute Gasteiger partial charge is 0.339 e. The number of hydrogen-bond acceptors (Lipinski definition) is 2.